The van der Waals surface area contributed by atoms with Gasteiger partial charge in [0.25, 0.3) is 0 Å². The maximum atomic E-state index is 12.1. The first-order valence-corrected chi connectivity index (χ1v) is 7.75. The summed E-state index contributed by atoms with van der Waals surface area (Å²) in [5, 5.41) is 4.49. The van der Waals surface area contributed by atoms with E-state index in [0.717, 1.165) is 19.3 Å². The smallest absolute Gasteiger partial charge is 0.410 e. The molecule has 5 heteroatoms. The highest BCUT2D eigenvalue weighted by molar-refractivity contribution is 5.68. The normalized spacial score (nSPS) is 18.6. The van der Waals surface area contributed by atoms with E-state index in [1.165, 1.54) is 5.56 Å². The van der Waals surface area contributed by atoms with Crippen molar-refractivity contribution >= 4 is 6.09 Å². The summed E-state index contributed by atoms with van der Waals surface area (Å²) in [6.45, 7) is 11.5. The highest BCUT2D eigenvalue weighted by atomic mass is 16.6. The molecule has 1 amide bonds. The lowest BCUT2D eigenvalue weighted by Gasteiger charge is -2.39. The number of likely N-dealkylation sites (tertiary alicyclic amines) is 1. The highest BCUT2D eigenvalue weighted by Gasteiger charge is 2.35. The van der Waals surface area contributed by atoms with Crippen LogP contribution in [0.25, 0.3) is 0 Å². The third-order valence-electron chi connectivity index (χ3n) is 4.09. The van der Waals surface area contributed by atoms with Crippen molar-refractivity contribution in [2.45, 2.75) is 65.0 Å². The molecule has 1 saturated heterocycles. The SMILES string of the molecule is CCc1cnn(C2(C)CCN(C(=O)OC(C)(C)C)CC2)c1. The molecule has 0 aromatic carbocycles. The molecule has 1 aliphatic heterocycles. The zero-order chi connectivity index (χ0) is 15.7. The van der Waals surface area contributed by atoms with Crippen LogP contribution in [-0.4, -0.2) is 39.5 Å². The number of nitrogens with zero attached hydrogens (tertiary/aromatic N) is 3. The Kier molecular flexibility index (Phi) is 4.30. The van der Waals surface area contributed by atoms with Crippen molar-refractivity contribution in [2.75, 3.05) is 13.1 Å². The molecule has 1 aliphatic rings. The third-order valence-corrected chi connectivity index (χ3v) is 4.09. The zero-order valence-corrected chi connectivity index (χ0v) is 13.8. The van der Waals surface area contributed by atoms with Gasteiger partial charge in [0.15, 0.2) is 0 Å². The monoisotopic (exact) mass is 293 g/mol. The predicted octanol–water partition coefficient (Wildman–Crippen LogP) is 3.19. The van der Waals surface area contributed by atoms with Crippen molar-refractivity contribution in [3.63, 3.8) is 0 Å². The van der Waals surface area contributed by atoms with Crippen LogP contribution in [0.4, 0.5) is 4.79 Å². The maximum absolute atomic E-state index is 12.1. The average molecular weight is 293 g/mol. The van der Waals surface area contributed by atoms with Gasteiger partial charge in [-0.25, -0.2) is 4.79 Å². The van der Waals surface area contributed by atoms with E-state index in [1.54, 1.807) is 4.90 Å². The molecule has 0 unspecified atom stereocenters. The van der Waals surface area contributed by atoms with Gasteiger partial charge in [0.05, 0.1) is 11.7 Å². The quantitative estimate of drug-likeness (QED) is 0.841. The maximum Gasteiger partial charge on any atom is 0.410 e. The van der Waals surface area contributed by atoms with E-state index in [0.29, 0.717) is 13.1 Å². The number of carbonyl (C=O) groups is 1. The van der Waals surface area contributed by atoms with Crippen molar-refractivity contribution in [3.8, 4) is 0 Å². The van der Waals surface area contributed by atoms with Crippen LogP contribution in [-0.2, 0) is 16.7 Å². The Morgan fingerprint density at radius 3 is 2.48 bits per heavy atom. The van der Waals surface area contributed by atoms with Crippen LogP contribution in [0.5, 0.6) is 0 Å². The van der Waals surface area contributed by atoms with E-state index >= 15 is 0 Å². The summed E-state index contributed by atoms with van der Waals surface area (Å²) in [5.41, 5.74) is 0.813. The number of aromatic nitrogens is 2. The molecular formula is C16H27N3O2. The lowest BCUT2D eigenvalue weighted by atomic mass is 9.90. The summed E-state index contributed by atoms with van der Waals surface area (Å²) < 4.78 is 7.50. The van der Waals surface area contributed by atoms with E-state index in [-0.39, 0.29) is 11.6 Å². The Morgan fingerprint density at radius 2 is 2.00 bits per heavy atom. The van der Waals surface area contributed by atoms with Gasteiger partial charge in [-0.3, -0.25) is 4.68 Å². The van der Waals surface area contributed by atoms with Crippen LogP contribution in [0.15, 0.2) is 12.4 Å². The van der Waals surface area contributed by atoms with Crippen molar-refractivity contribution in [3.05, 3.63) is 18.0 Å². The molecule has 1 fully saturated rings. The molecular weight excluding hydrogens is 266 g/mol. The lowest BCUT2D eigenvalue weighted by molar-refractivity contribution is 0.0120. The van der Waals surface area contributed by atoms with Crippen LogP contribution in [0.3, 0.4) is 0 Å². The molecule has 0 radical (unpaired) electrons. The fourth-order valence-electron chi connectivity index (χ4n) is 2.56. The summed E-state index contributed by atoms with van der Waals surface area (Å²) in [5.74, 6) is 0. The van der Waals surface area contributed by atoms with Gasteiger partial charge in [0.2, 0.25) is 0 Å². The fourth-order valence-corrected chi connectivity index (χ4v) is 2.56. The fraction of sp³-hybridized carbons (Fsp3) is 0.750. The molecule has 0 bridgehead atoms. The first kappa shape index (κ1) is 15.9. The minimum atomic E-state index is -0.435. The van der Waals surface area contributed by atoms with Gasteiger partial charge in [-0.1, -0.05) is 6.92 Å². The Hall–Kier alpha value is -1.52. The molecule has 2 heterocycles. The molecule has 118 valence electrons. The van der Waals surface area contributed by atoms with E-state index in [4.69, 9.17) is 4.74 Å². The van der Waals surface area contributed by atoms with Gasteiger partial charge < -0.3 is 9.64 Å². The molecule has 21 heavy (non-hydrogen) atoms. The van der Waals surface area contributed by atoms with Gasteiger partial charge in [-0.05, 0) is 52.5 Å². The van der Waals surface area contributed by atoms with Crippen LogP contribution in [0.1, 0.15) is 53.0 Å². The van der Waals surface area contributed by atoms with E-state index in [2.05, 4.69) is 29.8 Å². The molecule has 0 atom stereocenters. The second-order valence-electron chi connectivity index (χ2n) is 7.11. The molecule has 0 saturated carbocycles. The summed E-state index contributed by atoms with van der Waals surface area (Å²) in [4.78, 5) is 13.9. The molecule has 0 spiro atoms. The topological polar surface area (TPSA) is 47.4 Å². The number of aryl methyl sites for hydroxylation is 1. The number of rotatable bonds is 2. The molecule has 2 rings (SSSR count). The molecule has 1 aromatic rings. The summed E-state index contributed by atoms with van der Waals surface area (Å²) in [6, 6.07) is 0. The van der Waals surface area contributed by atoms with Gasteiger partial charge in [0, 0.05) is 19.3 Å². The van der Waals surface area contributed by atoms with Crippen LogP contribution in [0.2, 0.25) is 0 Å². The van der Waals surface area contributed by atoms with E-state index in [1.807, 2.05) is 27.0 Å². The summed E-state index contributed by atoms with van der Waals surface area (Å²) in [6.07, 6.45) is 6.65. The largest absolute Gasteiger partial charge is 0.444 e. The first-order valence-electron chi connectivity index (χ1n) is 7.75. The number of carbonyl (C=O) groups excluding carboxylic acids is 1. The molecule has 1 aromatic heterocycles. The summed E-state index contributed by atoms with van der Waals surface area (Å²) >= 11 is 0. The Morgan fingerprint density at radius 1 is 1.38 bits per heavy atom. The Bertz CT molecular complexity index is 494. The second kappa shape index (κ2) is 5.70. The molecule has 0 N–H and O–H groups in total. The minimum absolute atomic E-state index is 0.00800. The lowest BCUT2D eigenvalue weighted by Crippen LogP contribution is -2.48. The number of amides is 1. The van der Waals surface area contributed by atoms with Crippen LogP contribution in [0, 0.1) is 0 Å². The standard InChI is InChI=1S/C16H27N3O2/c1-6-13-11-17-19(12-13)16(5)7-9-18(10-8-16)14(20)21-15(2,3)4/h11-12H,6-10H2,1-5H3. The number of hydrogen-bond donors (Lipinski definition) is 0. The predicted molar refractivity (Wildman–Crippen MR) is 82.3 cm³/mol. The Balaban J connectivity index is 1.97. The van der Waals surface area contributed by atoms with Gasteiger partial charge in [-0.15, -0.1) is 0 Å². The van der Waals surface area contributed by atoms with Crippen molar-refractivity contribution < 1.29 is 9.53 Å². The van der Waals surface area contributed by atoms with Gasteiger partial charge in [-0.2, -0.15) is 5.10 Å². The summed E-state index contributed by atoms with van der Waals surface area (Å²) in [7, 11) is 0. The average Bonchev–Trinajstić information content (AvgIpc) is 2.87. The third kappa shape index (κ3) is 3.77. The van der Waals surface area contributed by atoms with E-state index in [9.17, 15) is 4.79 Å². The number of piperidine rings is 1. The molecule has 5 nitrogen and oxygen atoms in total. The van der Waals surface area contributed by atoms with Crippen LogP contribution >= 0.6 is 0 Å². The van der Waals surface area contributed by atoms with Crippen molar-refractivity contribution in [2.24, 2.45) is 0 Å². The van der Waals surface area contributed by atoms with E-state index < -0.39 is 5.60 Å². The van der Waals surface area contributed by atoms with Crippen molar-refractivity contribution in [1.82, 2.24) is 14.7 Å². The zero-order valence-electron chi connectivity index (χ0n) is 13.8. The number of ether oxygens (including phenoxy) is 1. The second-order valence-corrected chi connectivity index (χ2v) is 7.11. The number of hydrogen-bond acceptors (Lipinski definition) is 3. The van der Waals surface area contributed by atoms with Gasteiger partial charge >= 0.3 is 6.09 Å². The molecule has 0 aliphatic carbocycles. The highest BCUT2D eigenvalue weighted by Crippen LogP contribution is 2.30. The minimum Gasteiger partial charge on any atom is -0.444 e. The first-order chi connectivity index (χ1) is 9.73. The van der Waals surface area contributed by atoms with Crippen molar-refractivity contribution in [1.29, 1.82) is 0 Å². The van der Waals surface area contributed by atoms with Gasteiger partial charge in [0.1, 0.15) is 5.60 Å². The Labute approximate surface area is 127 Å². The van der Waals surface area contributed by atoms with Crippen LogP contribution < -0.4 is 0 Å².